The van der Waals surface area contributed by atoms with E-state index in [1.807, 2.05) is 37.3 Å². The van der Waals surface area contributed by atoms with Crippen LogP contribution in [0.25, 0.3) is 0 Å². The van der Waals surface area contributed by atoms with Crippen LogP contribution in [0.5, 0.6) is 0 Å². The molecule has 2 unspecified atom stereocenters. The molecule has 2 atom stereocenters. The summed E-state index contributed by atoms with van der Waals surface area (Å²) in [6.45, 7) is 8.45. The summed E-state index contributed by atoms with van der Waals surface area (Å²) in [5, 5.41) is 0. The van der Waals surface area contributed by atoms with Gasteiger partial charge in [-0.25, -0.2) is 0 Å². The Labute approximate surface area is 116 Å². The zero-order valence-corrected chi connectivity index (χ0v) is 12.0. The van der Waals surface area contributed by atoms with Gasteiger partial charge in [-0.2, -0.15) is 0 Å². The molecule has 19 heavy (non-hydrogen) atoms. The molecule has 0 saturated heterocycles. The maximum Gasteiger partial charge on any atom is 0.313 e. The van der Waals surface area contributed by atoms with Crippen molar-refractivity contribution in [2.24, 2.45) is 5.92 Å². The summed E-state index contributed by atoms with van der Waals surface area (Å²) < 4.78 is 5.33. The zero-order valence-electron chi connectivity index (χ0n) is 12.0. The molecule has 0 spiro atoms. The summed E-state index contributed by atoms with van der Waals surface area (Å²) in [4.78, 5) is 12.1. The summed E-state index contributed by atoms with van der Waals surface area (Å²) in [5.41, 5.74) is 1.14. The van der Waals surface area contributed by atoms with Crippen LogP contribution in [0.3, 0.4) is 0 Å². The van der Waals surface area contributed by atoms with E-state index < -0.39 is 0 Å². The first-order valence-corrected chi connectivity index (χ1v) is 7.04. The molecule has 0 amide bonds. The highest BCUT2D eigenvalue weighted by Crippen LogP contribution is 2.26. The minimum absolute atomic E-state index is 0.0948. The Morgan fingerprint density at radius 1 is 1.32 bits per heavy atom. The number of esters is 1. The first-order chi connectivity index (χ1) is 9.20. The number of carbonyl (C=O) groups excluding carboxylic acids is 1. The van der Waals surface area contributed by atoms with Crippen molar-refractivity contribution in [2.75, 3.05) is 6.61 Å². The Bertz CT molecular complexity index is 384. The topological polar surface area (TPSA) is 26.3 Å². The Balaban J connectivity index is 2.57. The number of benzene rings is 1. The van der Waals surface area contributed by atoms with E-state index in [0.717, 1.165) is 24.8 Å². The van der Waals surface area contributed by atoms with Crippen LogP contribution >= 0.6 is 0 Å². The lowest BCUT2D eigenvalue weighted by Crippen LogP contribution is -2.21. The summed E-state index contributed by atoms with van der Waals surface area (Å²) in [7, 11) is 0. The van der Waals surface area contributed by atoms with Crippen molar-refractivity contribution >= 4 is 5.97 Å². The average Bonchev–Trinajstić information content (AvgIpc) is 2.45. The molecule has 0 saturated carbocycles. The lowest BCUT2D eigenvalue weighted by molar-refractivity contribution is -0.147. The lowest BCUT2D eigenvalue weighted by atomic mass is 9.88. The molecule has 0 bridgehead atoms. The molecular formula is C17H24O2. The summed E-state index contributed by atoms with van der Waals surface area (Å²) in [5.74, 6) is -0.344. The van der Waals surface area contributed by atoms with Crippen LogP contribution in [-0.2, 0) is 9.53 Å². The van der Waals surface area contributed by atoms with E-state index in [9.17, 15) is 4.79 Å². The van der Waals surface area contributed by atoms with Gasteiger partial charge in [-0.1, -0.05) is 63.1 Å². The summed E-state index contributed by atoms with van der Waals surface area (Å²) in [6.07, 6.45) is 4.86. The first kappa shape index (κ1) is 15.5. The van der Waals surface area contributed by atoms with E-state index in [1.54, 1.807) is 6.08 Å². The summed E-state index contributed by atoms with van der Waals surface area (Å²) in [6, 6.07) is 10.0. The number of ether oxygens (including phenoxy) is 1. The van der Waals surface area contributed by atoms with E-state index in [1.165, 1.54) is 0 Å². The molecule has 0 aliphatic carbocycles. The molecule has 1 rings (SSSR count). The largest absolute Gasteiger partial charge is 0.465 e. The third-order valence-corrected chi connectivity index (χ3v) is 3.38. The molecule has 0 heterocycles. The van der Waals surface area contributed by atoms with Crippen molar-refractivity contribution in [2.45, 2.75) is 39.0 Å². The molecule has 2 heteroatoms. The predicted molar refractivity (Wildman–Crippen MR) is 79.0 cm³/mol. The highest BCUT2D eigenvalue weighted by atomic mass is 16.5. The van der Waals surface area contributed by atoms with Gasteiger partial charge in [-0.05, 0) is 17.9 Å². The maximum absolute atomic E-state index is 12.1. The minimum atomic E-state index is -0.274. The average molecular weight is 260 g/mol. The molecule has 0 fully saturated rings. The summed E-state index contributed by atoms with van der Waals surface area (Å²) >= 11 is 0. The fraction of sp³-hybridized carbons (Fsp3) is 0.471. The van der Waals surface area contributed by atoms with E-state index in [0.29, 0.717) is 6.61 Å². The van der Waals surface area contributed by atoms with Crippen LogP contribution in [0, 0.1) is 5.92 Å². The molecule has 0 N–H and O–H groups in total. The molecule has 1 aromatic carbocycles. The van der Waals surface area contributed by atoms with Gasteiger partial charge in [0.2, 0.25) is 0 Å². The SMILES string of the molecule is C=CC(C(=O)OCCCCC)C(C)c1ccccc1. The van der Waals surface area contributed by atoms with Crippen molar-refractivity contribution < 1.29 is 9.53 Å². The van der Waals surface area contributed by atoms with Gasteiger partial charge in [0.05, 0.1) is 12.5 Å². The van der Waals surface area contributed by atoms with Gasteiger partial charge < -0.3 is 4.74 Å². The standard InChI is InChI=1S/C17H24O2/c1-4-6-10-13-19-17(18)16(5-2)14(3)15-11-8-7-9-12-15/h5,7-9,11-12,14,16H,2,4,6,10,13H2,1,3H3. The normalized spacial score (nSPS) is 13.6. The van der Waals surface area contributed by atoms with Crippen LogP contribution < -0.4 is 0 Å². The second-order valence-corrected chi connectivity index (χ2v) is 4.84. The number of hydrogen-bond acceptors (Lipinski definition) is 2. The van der Waals surface area contributed by atoms with E-state index in [-0.39, 0.29) is 17.8 Å². The van der Waals surface area contributed by atoms with Gasteiger partial charge in [0, 0.05) is 0 Å². The Morgan fingerprint density at radius 3 is 2.58 bits per heavy atom. The minimum Gasteiger partial charge on any atom is -0.465 e. The van der Waals surface area contributed by atoms with E-state index >= 15 is 0 Å². The van der Waals surface area contributed by atoms with Crippen LogP contribution in [0.4, 0.5) is 0 Å². The van der Waals surface area contributed by atoms with Crippen LogP contribution in [-0.4, -0.2) is 12.6 Å². The van der Waals surface area contributed by atoms with Gasteiger partial charge >= 0.3 is 5.97 Å². The fourth-order valence-electron chi connectivity index (χ4n) is 2.09. The van der Waals surface area contributed by atoms with Gasteiger partial charge in [-0.15, -0.1) is 6.58 Å². The van der Waals surface area contributed by atoms with Crippen molar-refractivity contribution in [3.63, 3.8) is 0 Å². The molecule has 0 aromatic heterocycles. The predicted octanol–water partition coefficient (Wildman–Crippen LogP) is 4.33. The van der Waals surface area contributed by atoms with E-state index in [4.69, 9.17) is 4.74 Å². The van der Waals surface area contributed by atoms with Gasteiger partial charge in [0.25, 0.3) is 0 Å². The second-order valence-electron chi connectivity index (χ2n) is 4.84. The number of rotatable bonds is 8. The monoisotopic (exact) mass is 260 g/mol. The molecule has 0 aliphatic heterocycles. The van der Waals surface area contributed by atoms with Crippen LogP contribution in [0.2, 0.25) is 0 Å². The van der Waals surface area contributed by atoms with Crippen LogP contribution in [0.1, 0.15) is 44.6 Å². The lowest BCUT2D eigenvalue weighted by Gasteiger charge is -2.19. The number of unbranched alkanes of at least 4 members (excludes halogenated alkanes) is 2. The van der Waals surface area contributed by atoms with E-state index in [2.05, 4.69) is 13.5 Å². The highest BCUT2D eigenvalue weighted by Gasteiger charge is 2.24. The maximum atomic E-state index is 12.1. The molecule has 1 aromatic rings. The second kappa shape index (κ2) is 8.52. The molecule has 2 nitrogen and oxygen atoms in total. The van der Waals surface area contributed by atoms with Gasteiger partial charge in [-0.3, -0.25) is 4.79 Å². The number of hydrogen-bond donors (Lipinski definition) is 0. The molecular weight excluding hydrogens is 236 g/mol. The Kier molecular flexibility index (Phi) is 6.94. The Morgan fingerprint density at radius 2 is 2.00 bits per heavy atom. The zero-order chi connectivity index (χ0) is 14.1. The smallest absolute Gasteiger partial charge is 0.313 e. The molecule has 0 radical (unpaired) electrons. The van der Waals surface area contributed by atoms with Gasteiger partial charge in [0.15, 0.2) is 0 Å². The highest BCUT2D eigenvalue weighted by molar-refractivity contribution is 5.75. The fourth-order valence-corrected chi connectivity index (χ4v) is 2.09. The molecule has 104 valence electrons. The van der Waals surface area contributed by atoms with Crippen molar-refractivity contribution in [3.8, 4) is 0 Å². The number of carbonyl (C=O) groups is 1. The molecule has 0 aliphatic rings. The quantitative estimate of drug-likeness (QED) is 0.395. The van der Waals surface area contributed by atoms with Crippen LogP contribution in [0.15, 0.2) is 43.0 Å². The van der Waals surface area contributed by atoms with Crippen molar-refractivity contribution in [1.82, 2.24) is 0 Å². The van der Waals surface area contributed by atoms with Gasteiger partial charge in [0.1, 0.15) is 0 Å². The third-order valence-electron chi connectivity index (χ3n) is 3.38. The first-order valence-electron chi connectivity index (χ1n) is 7.04. The Hall–Kier alpha value is -1.57. The third kappa shape index (κ3) is 4.90. The van der Waals surface area contributed by atoms with Crippen molar-refractivity contribution in [1.29, 1.82) is 0 Å². The van der Waals surface area contributed by atoms with Crippen molar-refractivity contribution in [3.05, 3.63) is 48.6 Å².